The van der Waals surface area contributed by atoms with Gasteiger partial charge in [0.15, 0.2) is 0 Å². The lowest BCUT2D eigenvalue weighted by atomic mass is 9.80. The van der Waals surface area contributed by atoms with Crippen LogP contribution in [-0.2, 0) is 0 Å². The van der Waals surface area contributed by atoms with E-state index < -0.39 is 6.10 Å². The molecule has 0 aromatic heterocycles. The van der Waals surface area contributed by atoms with Gasteiger partial charge in [-0.3, -0.25) is 0 Å². The number of hydrogen-bond donors (Lipinski definition) is 1. The molecule has 0 bridgehead atoms. The van der Waals surface area contributed by atoms with Crippen molar-refractivity contribution in [3.8, 4) is 5.75 Å². The molecule has 1 fully saturated rings. The van der Waals surface area contributed by atoms with Crippen molar-refractivity contribution < 1.29 is 14.2 Å². The highest BCUT2D eigenvalue weighted by atomic mass is 19.1. The summed E-state index contributed by atoms with van der Waals surface area (Å²) in [6, 6.07) is 4.37. The maximum Gasteiger partial charge on any atom is 0.125 e. The van der Waals surface area contributed by atoms with Gasteiger partial charge < -0.3 is 9.84 Å². The van der Waals surface area contributed by atoms with Gasteiger partial charge in [-0.2, -0.15) is 0 Å². The van der Waals surface area contributed by atoms with E-state index in [2.05, 4.69) is 13.8 Å². The van der Waals surface area contributed by atoms with Crippen molar-refractivity contribution in [2.24, 2.45) is 11.8 Å². The molecular weight excluding hydrogens is 243 g/mol. The van der Waals surface area contributed by atoms with Crippen LogP contribution in [0.2, 0.25) is 0 Å². The molecular formula is C16H23FO2. The van der Waals surface area contributed by atoms with Crippen LogP contribution in [0.3, 0.4) is 0 Å². The van der Waals surface area contributed by atoms with Gasteiger partial charge >= 0.3 is 0 Å². The van der Waals surface area contributed by atoms with E-state index >= 15 is 0 Å². The minimum Gasteiger partial charge on any atom is -0.490 e. The molecule has 1 aliphatic rings. The van der Waals surface area contributed by atoms with Crippen molar-refractivity contribution in [3.63, 3.8) is 0 Å². The van der Waals surface area contributed by atoms with E-state index in [1.54, 1.807) is 13.0 Å². The second-order valence-corrected chi connectivity index (χ2v) is 5.87. The van der Waals surface area contributed by atoms with Gasteiger partial charge in [-0.25, -0.2) is 4.39 Å². The summed E-state index contributed by atoms with van der Waals surface area (Å²) >= 11 is 0. The molecule has 0 aliphatic heterocycles. The van der Waals surface area contributed by atoms with E-state index in [0.717, 1.165) is 25.2 Å². The Labute approximate surface area is 114 Å². The van der Waals surface area contributed by atoms with Crippen LogP contribution in [0.25, 0.3) is 0 Å². The fourth-order valence-corrected chi connectivity index (χ4v) is 2.74. The van der Waals surface area contributed by atoms with Crippen LogP contribution in [0.1, 0.15) is 51.7 Å². The van der Waals surface area contributed by atoms with E-state index in [1.807, 2.05) is 0 Å². The van der Waals surface area contributed by atoms with Crippen LogP contribution in [0.5, 0.6) is 5.75 Å². The summed E-state index contributed by atoms with van der Waals surface area (Å²) < 4.78 is 19.2. The van der Waals surface area contributed by atoms with Gasteiger partial charge in [0, 0.05) is 5.56 Å². The Kier molecular flexibility index (Phi) is 4.46. The maximum absolute atomic E-state index is 13.2. The van der Waals surface area contributed by atoms with Crippen molar-refractivity contribution in [3.05, 3.63) is 29.6 Å². The molecule has 0 radical (unpaired) electrons. The van der Waals surface area contributed by atoms with E-state index in [0.29, 0.717) is 17.2 Å². The summed E-state index contributed by atoms with van der Waals surface area (Å²) in [5.74, 6) is 1.66. The third-order valence-corrected chi connectivity index (χ3v) is 4.27. The number of aliphatic hydroxyl groups is 1. The lowest BCUT2D eigenvalue weighted by Gasteiger charge is -2.32. The Bertz CT molecular complexity index is 431. The monoisotopic (exact) mass is 266 g/mol. The summed E-state index contributed by atoms with van der Waals surface area (Å²) in [6.07, 6.45) is 2.68. The predicted molar refractivity (Wildman–Crippen MR) is 73.6 cm³/mol. The van der Waals surface area contributed by atoms with E-state index in [-0.39, 0.29) is 11.9 Å². The van der Waals surface area contributed by atoms with Crippen molar-refractivity contribution in [2.45, 2.75) is 52.2 Å². The molecule has 1 aliphatic carbocycles. The highest BCUT2D eigenvalue weighted by molar-refractivity contribution is 5.35. The van der Waals surface area contributed by atoms with Gasteiger partial charge in [-0.05, 0) is 56.2 Å². The largest absolute Gasteiger partial charge is 0.490 e. The van der Waals surface area contributed by atoms with Crippen LogP contribution in [0.15, 0.2) is 18.2 Å². The first-order chi connectivity index (χ1) is 8.97. The van der Waals surface area contributed by atoms with E-state index in [1.165, 1.54) is 12.1 Å². The zero-order chi connectivity index (χ0) is 14.0. The zero-order valence-corrected chi connectivity index (χ0v) is 11.9. The molecule has 3 unspecified atom stereocenters. The number of benzene rings is 1. The van der Waals surface area contributed by atoms with Gasteiger partial charge in [-0.1, -0.05) is 13.8 Å². The molecule has 2 rings (SSSR count). The number of ether oxygens (including phenoxy) is 1. The molecule has 2 nitrogen and oxygen atoms in total. The van der Waals surface area contributed by atoms with Crippen LogP contribution in [0, 0.1) is 17.7 Å². The Morgan fingerprint density at radius 2 is 2.00 bits per heavy atom. The highest BCUT2D eigenvalue weighted by Crippen LogP contribution is 2.34. The number of hydrogen-bond acceptors (Lipinski definition) is 2. The first-order valence-corrected chi connectivity index (χ1v) is 7.11. The predicted octanol–water partition coefficient (Wildman–Crippen LogP) is 4.08. The standard InChI is InChI=1S/C16H23FO2/c1-10-4-6-14(8-11(10)2)19-16-7-5-13(17)9-15(16)12(3)18/h5,7,9-12,14,18H,4,6,8H2,1-3H3/t10?,11?,12-,14?/m0/s1. The van der Waals surface area contributed by atoms with Crippen LogP contribution < -0.4 is 4.74 Å². The SMILES string of the molecule is CC1CCC(Oc2ccc(F)cc2[C@H](C)O)CC1C. The van der Waals surface area contributed by atoms with Crippen molar-refractivity contribution in [2.75, 3.05) is 0 Å². The molecule has 1 N–H and O–H groups in total. The minimum absolute atomic E-state index is 0.175. The van der Waals surface area contributed by atoms with Gasteiger partial charge in [-0.15, -0.1) is 0 Å². The Morgan fingerprint density at radius 1 is 1.26 bits per heavy atom. The van der Waals surface area contributed by atoms with Crippen molar-refractivity contribution in [1.29, 1.82) is 0 Å². The van der Waals surface area contributed by atoms with Gasteiger partial charge in [0.05, 0.1) is 12.2 Å². The fraction of sp³-hybridized carbons (Fsp3) is 0.625. The molecule has 1 aromatic carbocycles. The summed E-state index contributed by atoms with van der Waals surface area (Å²) in [5, 5.41) is 9.71. The molecule has 0 spiro atoms. The highest BCUT2D eigenvalue weighted by Gasteiger charge is 2.26. The summed E-state index contributed by atoms with van der Waals surface area (Å²) in [5.41, 5.74) is 0.534. The lowest BCUT2D eigenvalue weighted by molar-refractivity contribution is 0.0956. The summed E-state index contributed by atoms with van der Waals surface area (Å²) in [4.78, 5) is 0. The number of rotatable bonds is 3. The molecule has 106 valence electrons. The average Bonchev–Trinajstić information content (AvgIpc) is 2.36. The van der Waals surface area contributed by atoms with Crippen LogP contribution >= 0.6 is 0 Å². The quantitative estimate of drug-likeness (QED) is 0.893. The van der Waals surface area contributed by atoms with Gasteiger partial charge in [0.25, 0.3) is 0 Å². The average molecular weight is 266 g/mol. The normalized spacial score (nSPS) is 29.0. The molecule has 0 heterocycles. The molecule has 19 heavy (non-hydrogen) atoms. The Morgan fingerprint density at radius 3 is 2.63 bits per heavy atom. The minimum atomic E-state index is -0.717. The molecule has 1 aromatic rings. The first-order valence-electron chi connectivity index (χ1n) is 7.11. The molecule has 0 amide bonds. The zero-order valence-electron chi connectivity index (χ0n) is 11.9. The first kappa shape index (κ1) is 14.3. The molecule has 4 atom stereocenters. The third kappa shape index (κ3) is 3.47. The van der Waals surface area contributed by atoms with Crippen molar-refractivity contribution >= 4 is 0 Å². The third-order valence-electron chi connectivity index (χ3n) is 4.27. The van der Waals surface area contributed by atoms with Crippen molar-refractivity contribution in [1.82, 2.24) is 0 Å². The Balaban J connectivity index is 2.11. The topological polar surface area (TPSA) is 29.5 Å². The summed E-state index contributed by atoms with van der Waals surface area (Å²) in [6.45, 7) is 6.16. The summed E-state index contributed by atoms with van der Waals surface area (Å²) in [7, 11) is 0. The smallest absolute Gasteiger partial charge is 0.125 e. The van der Waals surface area contributed by atoms with Crippen LogP contribution in [-0.4, -0.2) is 11.2 Å². The molecule has 1 saturated carbocycles. The van der Waals surface area contributed by atoms with E-state index in [4.69, 9.17) is 4.74 Å². The van der Waals surface area contributed by atoms with E-state index in [9.17, 15) is 9.50 Å². The lowest BCUT2D eigenvalue weighted by Crippen LogP contribution is -2.29. The van der Waals surface area contributed by atoms with Crippen LogP contribution in [0.4, 0.5) is 4.39 Å². The second-order valence-electron chi connectivity index (χ2n) is 5.87. The molecule has 3 heteroatoms. The van der Waals surface area contributed by atoms with Gasteiger partial charge in [0.1, 0.15) is 11.6 Å². The Hall–Kier alpha value is -1.09. The number of aliphatic hydroxyl groups excluding tert-OH is 1. The second kappa shape index (κ2) is 5.91. The number of halogens is 1. The maximum atomic E-state index is 13.2. The fourth-order valence-electron chi connectivity index (χ4n) is 2.74. The molecule has 0 saturated heterocycles. The van der Waals surface area contributed by atoms with Gasteiger partial charge in [0.2, 0.25) is 0 Å².